The second-order valence-electron chi connectivity index (χ2n) is 3.51. The van der Waals surface area contributed by atoms with Crippen LogP contribution in [-0.2, 0) is 0 Å². The molecule has 3 nitrogen and oxygen atoms in total. The molecule has 0 aliphatic heterocycles. The van der Waals surface area contributed by atoms with Crippen LogP contribution in [0, 0.1) is 0 Å². The molecule has 2 aromatic heterocycles. The molecule has 0 saturated carbocycles. The molecule has 3 heteroatoms. The van der Waals surface area contributed by atoms with Gasteiger partial charge in [0.25, 0.3) is 0 Å². The minimum Gasteiger partial charge on any atom is -0.363 e. The quantitative estimate of drug-likeness (QED) is 0.742. The van der Waals surface area contributed by atoms with Crippen molar-refractivity contribution in [3.63, 3.8) is 0 Å². The zero-order valence-corrected chi connectivity index (χ0v) is 8.88. The maximum Gasteiger partial charge on any atom is 0.127 e. The molecule has 0 fully saturated rings. The van der Waals surface area contributed by atoms with Crippen molar-refractivity contribution in [2.24, 2.45) is 0 Å². The van der Waals surface area contributed by atoms with Crippen LogP contribution in [0.25, 0.3) is 11.3 Å². The standard InChI is InChI=1S/C12H13N3/c1-15(2)12-7-6-10(9-14-12)11-5-3-4-8-13-11/h3-9H,1-2H3. The number of hydrogen-bond donors (Lipinski definition) is 0. The Morgan fingerprint density at radius 3 is 2.40 bits per heavy atom. The highest BCUT2D eigenvalue weighted by Gasteiger charge is 2.00. The first kappa shape index (κ1) is 9.65. The van der Waals surface area contributed by atoms with E-state index in [9.17, 15) is 0 Å². The molecule has 0 bridgehead atoms. The number of hydrogen-bond acceptors (Lipinski definition) is 3. The lowest BCUT2D eigenvalue weighted by Crippen LogP contribution is -2.10. The zero-order chi connectivity index (χ0) is 10.7. The summed E-state index contributed by atoms with van der Waals surface area (Å²) in [5.41, 5.74) is 2.00. The third-order valence-electron chi connectivity index (χ3n) is 2.17. The summed E-state index contributed by atoms with van der Waals surface area (Å²) in [5.74, 6) is 0.953. The van der Waals surface area contributed by atoms with Crippen molar-refractivity contribution in [1.82, 2.24) is 9.97 Å². The first-order chi connectivity index (χ1) is 7.27. The summed E-state index contributed by atoms with van der Waals surface area (Å²) < 4.78 is 0. The van der Waals surface area contributed by atoms with Gasteiger partial charge in [-0.15, -0.1) is 0 Å². The minimum absolute atomic E-state index is 0.953. The Morgan fingerprint density at radius 2 is 1.87 bits per heavy atom. The molecule has 0 atom stereocenters. The highest BCUT2D eigenvalue weighted by molar-refractivity contribution is 5.59. The van der Waals surface area contributed by atoms with Crippen molar-refractivity contribution in [3.8, 4) is 11.3 Å². The summed E-state index contributed by atoms with van der Waals surface area (Å²) in [6.07, 6.45) is 3.63. The number of rotatable bonds is 2. The molecule has 0 aliphatic carbocycles. The summed E-state index contributed by atoms with van der Waals surface area (Å²) >= 11 is 0. The van der Waals surface area contributed by atoms with Gasteiger partial charge in [0, 0.05) is 32.1 Å². The Labute approximate surface area is 89.4 Å². The van der Waals surface area contributed by atoms with Gasteiger partial charge in [0.05, 0.1) is 5.69 Å². The second-order valence-corrected chi connectivity index (χ2v) is 3.51. The van der Waals surface area contributed by atoms with Gasteiger partial charge in [0.15, 0.2) is 0 Å². The third kappa shape index (κ3) is 2.13. The van der Waals surface area contributed by atoms with Crippen LogP contribution in [0.4, 0.5) is 5.82 Å². The zero-order valence-electron chi connectivity index (χ0n) is 8.88. The van der Waals surface area contributed by atoms with Gasteiger partial charge in [0.1, 0.15) is 5.82 Å². The van der Waals surface area contributed by atoms with Gasteiger partial charge >= 0.3 is 0 Å². The van der Waals surface area contributed by atoms with E-state index >= 15 is 0 Å². The number of aromatic nitrogens is 2. The molecule has 0 unspecified atom stereocenters. The predicted molar refractivity (Wildman–Crippen MR) is 61.8 cm³/mol. The maximum atomic E-state index is 4.34. The lowest BCUT2D eigenvalue weighted by atomic mass is 10.2. The Morgan fingerprint density at radius 1 is 1.00 bits per heavy atom. The summed E-state index contributed by atoms with van der Waals surface area (Å²) in [7, 11) is 3.95. The molecule has 0 aliphatic rings. The first-order valence-electron chi connectivity index (χ1n) is 4.82. The van der Waals surface area contributed by atoms with E-state index < -0.39 is 0 Å². The van der Waals surface area contributed by atoms with E-state index in [1.54, 1.807) is 6.20 Å². The topological polar surface area (TPSA) is 29.0 Å². The Balaban J connectivity index is 2.32. The molecule has 2 aromatic rings. The summed E-state index contributed by atoms with van der Waals surface area (Å²) in [5, 5.41) is 0. The van der Waals surface area contributed by atoms with Gasteiger partial charge in [-0.25, -0.2) is 4.98 Å². The van der Waals surface area contributed by atoms with Gasteiger partial charge in [-0.3, -0.25) is 4.98 Å². The summed E-state index contributed by atoms with van der Waals surface area (Å²) in [6.45, 7) is 0. The molecule has 76 valence electrons. The number of nitrogens with zero attached hydrogens (tertiary/aromatic N) is 3. The van der Waals surface area contributed by atoms with E-state index in [0.29, 0.717) is 0 Å². The first-order valence-corrected chi connectivity index (χ1v) is 4.82. The van der Waals surface area contributed by atoms with E-state index in [1.165, 1.54) is 0 Å². The Bertz CT molecular complexity index is 420. The lowest BCUT2D eigenvalue weighted by Gasteiger charge is -2.10. The minimum atomic E-state index is 0.953. The maximum absolute atomic E-state index is 4.34. The molecule has 0 N–H and O–H groups in total. The van der Waals surface area contributed by atoms with Crippen LogP contribution in [0.3, 0.4) is 0 Å². The van der Waals surface area contributed by atoms with Crippen molar-refractivity contribution in [1.29, 1.82) is 0 Å². The van der Waals surface area contributed by atoms with E-state index in [0.717, 1.165) is 17.1 Å². The average molecular weight is 199 g/mol. The lowest BCUT2D eigenvalue weighted by molar-refractivity contribution is 1.07. The van der Waals surface area contributed by atoms with Gasteiger partial charge < -0.3 is 4.90 Å². The number of pyridine rings is 2. The molecule has 0 saturated heterocycles. The van der Waals surface area contributed by atoms with E-state index in [-0.39, 0.29) is 0 Å². The number of anilines is 1. The molecule has 0 spiro atoms. The predicted octanol–water partition coefficient (Wildman–Crippen LogP) is 2.21. The van der Waals surface area contributed by atoms with Crippen LogP contribution in [0.1, 0.15) is 0 Å². The fraction of sp³-hybridized carbons (Fsp3) is 0.167. The molecule has 0 aromatic carbocycles. The van der Waals surface area contributed by atoms with Crippen LogP contribution in [-0.4, -0.2) is 24.1 Å². The summed E-state index contributed by atoms with van der Waals surface area (Å²) in [6, 6.07) is 9.88. The summed E-state index contributed by atoms with van der Waals surface area (Å²) in [4.78, 5) is 10.6. The Kier molecular flexibility index (Phi) is 2.63. The smallest absolute Gasteiger partial charge is 0.127 e. The van der Waals surface area contributed by atoms with Crippen LogP contribution < -0.4 is 4.90 Å². The molecule has 2 heterocycles. The SMILES string of the molecule is CN(C)c1ccc(-c2ccccn2)cn1. The van der Waals surface area contributed by atoms with Crippen molar-refractivity contribution < 1.29 is 0 Å². The van der Waals surface area contributed by atoms with Crippen LogP contribution in [0.5, 0.6) is 0 Å². The fourth-order valence-electron chi connectivity index (χ4n) is 1.34. The van der Waals surface area contributed by atoms with Crippen molar-refractivity contribution in [3.05, 3.63) is 42.7 Å². The van der Waals surface area contributed by atoms with Gasteiger partial charge in [0.2, 0.25) is 0 Å². The highest BCUT2D eigenvalue weighted by Crippen LogP contribution is 2.17. The van der Waals surface area contributed by atoms with Gasteiger partial charge in [-0.2, -0.15) is 0 Å². The Hall–Kier alpha value is -1.90. The van der Waals surface area contributed by atoms with E-state index in [4.69, 9.17) is 0 Å². The van der Waals surface area contributed by atoms with Crippen molar-refractivity contribution >= 4 is 5.82 Å². The largest absolute Gasteiger partial charge is 0.363 e. The van der Waals surface area contributed by atoms with Crippen molar-refractivity contribution in [2.45, 2.75) is 0 Å². The van der Waals surface area contributed by atoms with Crippen LogP contribution in [0.2, 0.25) is 0 Å². The third-order valence-corrected chi connectivity index (χ3v) is 2.17. The van der Waals surface area contributed by atoms with E-state index in [1.807, 2.05) is 55.5 Å². The van der Waals surface area contributed by atoms with Gasteiger partial charge in [-0.05, 0) is 24.3 Å². The van der Waals surface area contributed by atoms with E-state index in [2.05, 4.69) is 9.97 Å². The van der Waals surface area contributed by atoms with Crippen LogP contribution >= 0.6 is 0 Å². The normalized spacial score (nSPS) is 10.0. The molecular formula is C12H13N3. The highest BCUT2D eigenvalue weighted by atomic mass is 15.1. The molecular weight excluding hydrogens is 186 g/mol. The average Bonchev–Trinajstić information content (AvgIpc) is 2.30. The van der Waals surface area contributed by atoms with Crippen molar-refractivity contribution in [2.75, 3.05) is 19.0 Å². The monoisotopic (exact) mass is 199 g/mol. The molecule has 0 radical (unpaired) electrons. The fourth-order valence-corrected chi connectivity index (χ4v) is 1.34. The van der Waals surface area contributed by atoms with Gasteiger partial charge in [-0.1, -0.05) is 6.07 Å². The van der Waals surface area contributed by atoms with Crippen LogP contribution in [0.15, 0.2) is 42.7 Å². The molecule has 15 heavy (non-hydrogen) atoms. The second kappa shape index (κ2) is 4.09. The molecule has 0 amide bonds. The molecule has 2 rings (SSSR count).